The van der Waals surface area contributed by atoms with Gasteiger partial charge in [0.15, 0.2) is 0 Å². The fourth-order valence-corrected chi connectivity index (χ4v) is 7.06. The van der Waals surface area contributed by atoms with Crippen LogP contribution in [0.3, 0.4) is 0 Å². The van der Waals surface area contributed by atoms with Crippen molar-refractivity contribution >= 4 is 32.5 Å². The number of sulfonamides is 2. The van der Waals surface area contributed by atoms with Crippen molar-refractivity contribution in [1.29, 1.82) is 0 Å². The first kappa shape index (κ1) is 24.4. The smallest absolute Gasteiger partial charge is 0.236 e. The topological polar surface area (TPSA) is 92.6 Å². The summed E-state index contributed by atoms with van der Waals surface area (Å²) in [5.41, 5.74) is 1.73. The van der Waals surface area contributed by atoms with Gasteiger partial charge in [0.05, 0.1) is 22.0 Å². The Morgan fingerprint density at radius 2 is 1.19 bits per heavy atom. The fourth-order valence-electron chi connectivity index (χ4n) is 3.84. The minimum absolute atomic E-state index is 0. The van der Waals surface area contributed by atoms with E-state index in [0.717, 1.165) is 5.69 Å². The SMILES string of the molecule is Cc1nn(-c2ccccc2)c(C)c1S(=O)(=O)N1CCN(S(=O)(=O)c2ccccc2)CC1.Cl. The molecule has 0 unspecified atom stereocenters. The third kappa shape index (κ3) is 4.33. The second-order valence-electron chi connectivity index (χ2n) is 7.37. The Labute approximate surface area is 195 Å². The van der Waals surface area contributed by atoms with E-state index in [1.165, 1.54) is 8.61 Å². The average molecular weight is 497 g/mol. The van der Waals surface area contributed by atoms with Crippen LogP contribution in [0.5, 0.6) is 0 Å². The first-order valence-corrected chi connectivity index (χ1v) is 12.8. The van der Waals surface area contributed by atoms with E-state index in [4.69, 9.17) is 0 Å². The number of halogens is 1. The van der Waals surface area contributed by atoms with E-state index in [0.29, 0.717) is 11.4 Å². The third-order valence-electron chi connectivity index (χ3n) is 5.40. The van der Waals surface area contributed by atoms with Crippen LogP contribution in [0.1, 0.15) is 11.4 Å². The zero-order valence-electron chi connectivity index (χ0n) is 17.7. The number of piperazine rings is 1. The highest BCUT2D eigenvalue weighted by Gasteiger charge is 2.36. The molecule has 0 N–H and O–H groups in total. The maximum absolute atomic E-state index is 13.4. The van der Waals surface area contributed by atoms with Crippen LogP contribution in [0, 0.1) is 13.8 Å². The molecule has 11 heteroatoms. The molecule has 1 fully saturated rings. The number of hydrogen-bond acceptors (Lipinski definition) is 5. The molecule has 0 atom stereocenters. The van der Waals surface area contributed by atoms with E-state index in [2.05, 4.69) is 5.10 Å². The standard InChI is InChI=1S/C21H24N4O4S2.ClH/c1-17-21(18(2)25(22-17)19-9-5-3-6-10-19)31(28,29)24-15-13-23(14-16-24)30(26,27)20-11-7-4-8-12-20;/h3-12H,13-16H2,1-2H3;1H. The van der Waals surface area contributed by atoms with Crippen molar-refractivity contribution in [1.82, 2.24) is 18.4 Å². The summed E-state index contributed by atoms with van der Waals surface area (Å²) < 4.78 is 56.8. The lowest BCUT2D eigenvalue weighted by molar-refractivity contribution is 0.272. The third-order valence-corrected chi connectivity index (χ3v) is 9.47. The Kier molecular flexibility index (Phi) is 7.11. The lowest BCUT2D eigenvalue weighted by Gasteiger charge is -2.33. The molecule has 0 spiro atoms. The Morgan fingerprint density at radius 3 is 1.72 bits per heavy atom. The maximum Gasteiger partial charge on any atom is 0.246 e. The molecule has 1 aliphatic rings. The van der Waals surface area contributed by atoms with Crippen molar-refractivity contribution in [2.75, 3.05) is 26.2 Å². The van der Waals surface area contributed by atoms with Gasteiger partial charge in [0.25, 0.3) is 0 Å². The van der Waals surface area contributed by atoms with Gasteiger partial charge in [-0.1, -0.05) is 36.4 Å². The quantitative estimate of drug-likeness (QED) is 0.541. The lowest BCUT2D eigenvalue weighted by atomic mass is 10.3. The molecule has 0 aliphatic carbocycles. The number of aryl methyl sites for hydroxylation is 1. The molecule has 4 rings (SSSR count). The molecule has 1 saturated heterocycles. The van der Waals surface area contributed by atoms with Gasteiger partial charge in [-0.2, -0.15) is 13.7 Å². The van der Waals surface area contributed by atoms with E-state index in [1.54, 1.807) is 48.9 Å². The van der Waals surface area contributed by atoms with E-state index in [-0.39, 0.29) is 48.4 Å². The Hall–Kier alpha value is -2.24. The molecule has 0 saturated carbocycles. The van der Waals surface area contributed by atoms with Gasteiger partial charge >= 0.3 is 0 Å². The van der Waals surface area contributed by atoms with Gasteiger partial charge in [-0.25, -0.2) is 21.5 Å². The molecule has 0 amide bonds. The van der Waals surface area contributed by atoms with Gasteiger partial charge in [-0.05, 0) is 38.1 Å². The number of para-hydroxylation sites is 1. The second kappa shape index (κ2) is 9.32. The molecule has 2 aromatic carbocycles. The van der Waals surface area contributed by atoms with Gasteiger partial charge in [-0.3, -0.25) is 0 Å². The van der Waals surface area contributed by atoms with Gasteiger partial charge in [-0.15, -0.1) is 12.4 Å². The van der Waals surface area contributed by atoms with Crippen molar-refractivity contribution < 1.29 is 16.8 Å². The fraction of sp³-hybridized carbons (Fsp3) is 0.286. The summed E-state index contributed by atoms with van der Waals surface area (Å²) in [4.78, 5) is 0.387. The summed E-state index contributed by atoms with van der Waals surface area (Å²) in [6.45, 7) is 3.78. The number of benzene rings is 2. The van der Waals surface area contributed by atoms with Crippen LogP contribution in [0.2, 0.25) is 0 Å². The molecular weight excluding hydrogens is 472 g/mol. The van der Waals surface area contributed by atoms with Crippen molar-refractivity contribution in [3.8, 4) is 5.69 Å². The van der Waals surface area contributed by atoms with Gasteiger partial charge in [0.1, 0.15) is 4.90 Å². The van der Waals surface area contributed by atoms with Crippen molar-refractivity contribution in [2.45, 2.75) is 23.6 Å². The van der Waals surface area contributed by atoms with Gasteiger partial charge in [0.2, 0.25) is 20.0 Å². The van der Waals surface area contributed by atoms with Crippen LogP contribution >= 0.6 is 12.4 Å². The normalized spacial score (nSPS) is 15.9. The predicted octanol–water partition coefficient (Wildman–Crippen LogP) is 2.61. The molecular formula is C21H25ClN4O4S2. The highest BCUT2D eigenvalue weighted by molar-refractivity contribution is 7.89. The molecule has 3 aromatic rings. The molecule has 1 aromatic heterocycles. The van der Waals surface area contributed by atoms with Crippen molar-refractivity contribution in [3.63, 3.8) is 0 Å². The van der Waals surface area contributed by atoms with Gasteiger partial charge < -0.3 is 0 Å². The highest BCUT2D eigenvalue weighted by Crippen LogP contribution is 2.27. The Morgan fingerprint density at radius 1 is 0.719 bits per heavy atom. The zero-order valence-corrected chi connectivity index (χ0v) is 20.2. The number of hydrogen-bond donors (Lipinski definition) is 0. The molecule has 172 valence electrons. The van der Waals surface area contributed by atoms with Crippen LogP contribution in [-0.4, -0.2) is 61.4 Å². The Bertz CT molecular complexity index is 1290. The minimum atomic E-state index is -3.82. The largest absolute Gasteiger partial charge is 0.246 e. The van der Waals surface area contributed by atoms with Crippen LogP contribution in [-0.2, 0) is 20.0 Å². The summed E-state index contributed by atoms with van der Waals surface area (Å²) >= 11 is 0. The van der Waals surface area contributed by atoms with Crippen molar-refractivity contribution in [3.05, 3.63) is 72.1 Å². The van der Waals surface area contributed by atoms with E-state index in [9.17, 15) is 16.8 Å². The average Bonchev–Trinajstić information content (AvgIpc) is 3.09. The molecule has 0 radical (unpaired) electrons. The van der Waals surface area contributed by atoms with Gasteiger partial charge in [0, 0.05) is 26.2 Å². The van der Waals surface area contributed by atoms with Crippen LogP contribution < -0.4 is 0 Å². The molecule has 0 bridgehead atoms. The minimum Gasteiger partial charge on any atom is -0.236 e. The summed E-state index contributed by atoms with van der Waals surface area (Å²) in [6, 6.07) is 17.5. The highest BCUT2D eigenvalue weighted by atomic mass is 35.5. The number of aromatic nitrogens is 2. The van der Waals surface area contributed by atoms with Crippen LogP contribution in [0.25, 0.3) is 5.69 Å². The molecule has 1 aliphatic heterocycles. The zero-order chi connectivity index (χ0) is 22.2. The van der Waals surface area contributed by atoms with E-state index in [1.807, 2.05) is 30.3 Å². The predicted molar refractivity (Wildman–Crippen MR) is 124 cm³/mol. The maximum atomic E-state index is 13.4. The van der Waals surface area contributed by atoms with Crippen molar-refractivity contribution in [2.24, 2.45) is 0 Å². The summed E-state index contributed by atoms with van der Waals surface area (Å²) in [7, 11) is -7.46. The summed E-state index contributed by atoms with van der Waals surface area (Å²) in [5, 5.41) is 4.44. The summed E-state index contributed by atoms with van der Waals surface area (Å²) in [6.07, 6.45) is 0. The second-order valence-corrected chi connectivity index (χ2v) is 11.2. The number of rotatable bonds is 5. The molecule has 2 heterocycles. The van der Waals surface area contributed by atoms with Crippen LogP contribution in [0.15, 0.2) is 70.5 Å². The molecule has 8 nitrogen and oxygen atoms in total. The van der Waals surface area contributed by atoms with Crippen LogP contribution in [0.4, 0.5) is 0 Å². The Balaban J connectivity index is 0.00000289. The first-order chi connectivity index (χ1) is 14.7. The monoisotopic (exact) mass is 496 g/mol. The lowest BCUT2D eigenvalue weighted by Crippen LogP contribution is -2.50. The van der Waals surface area contributed by atoms with E-state index >= 15 is 0 Å². The summed E-state index contributed by atoms with van der Waals surface area (Å²) in [5.74, 6) is 0. The molecule has 32 heavy (non-hydrogen) atoms. The number of nitrogens with zero attached hydrogens (tertiary/aromatic N) is 4. The first-order valence-electron chi connectivity index (χ1n) is 9.90. The van der Waals surface area contributed by atoms with E-state index < -0.39 is 20.0 Å².